The summed E-state index contributed by atoms with van der Waals surface area (Å²) in [6.07, 6.45) is 0. The number of rotatable bonds is 4. The molecule has 0 bridgehead atoms. The molecule has 2 atom stereocenters. The van der Waals surface area contributed by atoms with Gasteiger partial charge < -0.3 is 9.64 Å². The zero-order valence-electron chi connectivity index (χ0n) is 15.3. The van der Waals surface area contributed by atoms with E-state index < -0.39 is 9.84 Å². The Bertz CT molecular complexity index is 988. The molecule has 2 heterocycles. The van der Waals surface area contributed by atoms with Crippen LogP contribution < -0.4 is 9.64 Å². The lowest BCUT2D eigenvalue weighted by atomic mass is 10.1. The molecule has 7 heteroatoms. The summed E-state index contributed by atoms with van der Waals surface area (Å²) in [5, 5.41) is 0.868. The highest BCUT2D eigenvalue weighted by atomic mass is 32.2. The SMILES string of the molecule is COc1ccccc1N1C(SCc2ccccc2C)=N[C@H]2CS(=O)(=O)C[C@H]21. The molecule has 0 spiro atoms. The molecule has 2 aliphatic heterocycles. The highest BCUT2D eigenvalue weighted by Gasteiger charge is 2.47. The van der Waals surface area contributed by atoms with E-state index in [1.165, 1.54) is 11.1 Å². The van der Waals surface area contributed by atoms with Crippen LogP contribution in [0.25, 0.3) is 0 Å². The number of aryl methyl sites for hydroxylation is 1. The third-order valence-electron chi connectivity index (χ3n) is 5.07. The summed E-state index contributed by atoms with van der Waals surface area (Å²) in [6, 6.07) is 15.7. The van der Waals surface area contributed by atoms with Crippen LogP contribution >= 0.6 is 11.8 Å². The molecule has 1 fully saturated rings. The van der Waals surface area contributed by atoms with Crippen LogP contribution in [0.2, 0.25) is 0 Å². The van der Waals surface area contributed by atoms with E-state index in [0.717, 1.165) is 22.4 Å². The van der Waals surface area contributed by atoms with E-state index in [-0.39, 0.29) is 23.6 Å². The zero-order chi connectivity index (χ0) is 19.0. The normalized spacial score (nSPS) is 23.2. The van der Waals surface area contributed by atoms with Gasteiger partial charge in [-0.1, -0.05) is 48.2 Å². The van der Waals surface area contributed by atoms with Crippen LogP contribution in [0, 0.1) is 6.92 Å². The minimum absolute atomic E-state index is 0.123. The Morgan fingerprint density at radius 2 is 1.89 bits per heavy atom. The average molecular weight is 403 g/mol. The third-order valence-corrected chi connectivity index (χ3v) is 7.78. The van der Waals surface area contributed by atoms with Gasteiger partial charge in [0.15, 0.2) is 15.0 Å². The van der Waals surface area contributed by atoms with Gasteiger partial charge in [-0.25, -0.2) is 8.42 Å². The van der Waals surface area contributed by atoms with Crippen molar-refractivity contribution in [2.24, 2.45) is 4.99 Å². The van der Waals surface area contributed by atoms with Crippen molar-refractivity contribution in [3.63, 3.8) is 0 Å². The highest BCUT2D eigenvalue weighted by Crippen LogP contribution is 2.39. The minimum Gasteiger partial charge on any atom is -0.495 e. The number of nitrogens with zero attached hydrogens (tertiary/aromatic N) is 2. The summed E-state index contributed by atoms with van der Waals surface area (Å²) in [7, 11) is -1.43. The number of hydrogen-bond donors (Lipinski definition) is 0. The predicted molar refractivity (Wildman–Crippen MR) is 112 cm³/mol. The van der Waals surface area contributed by atoms with Gasteiger partial charge in [0.1, 0.15) is 5.75 Å². The molecule has 2 aromatic carbocycles. The summed E-state index contributed by atoms with van der Waals surface area (Å²) < 4.78 is 29.9. The fraction of sp³-hybridized carbons (Fsp3) is 0.350. The fourth-order valence-electron chi connectivity index (χ4n) is 3.66. The van der Waals surface area contributed by atoms with Crippen molar-refractivity contribution in [2.75, 3.05) is 23.5 Å². The first-order valence-electron chi connectivity index (χ1n) is 8.86. The zero-order valence-corrected chi connectivity index (χ0v) is 17.0. The smallest absolute Gasteiger partial charge is 0.164 e. The number of benzene rings is 2. The molecule has 5 nitrogen and oxygen atoms in total. The lowest BCUT2D eigenvalue weighted by Gasteiger charge is -2.28. The van der Waals surface area contributed by atoms with Crippen LogP contribution in [0.5, 0.6) is 5.75 Å². The topological polar surface area (TPSA) is 59.0 Å². The second kappa shape index (κ2) is 7.20. The Hall–Kier alpha value is -1.99. The first-order valence-corrected chi connectivity index (χ1v) is 11.7. The lowest BCUT2D eigenvalue weighted by molar-refractivity contribution is 0.415. The van der Waals surface area contributed by atoms with E-state index in [4.69, 9.17) is 9.73 Å². The summed E-state index contributed by atoms with van der Waals surface area (Å²) in [5.41, 5.74) is 3.38. The van der Waals surface area contributed by atoms with Gasteiger partial charge in [-0.05, 0) is 30.2 Å². The second-order valence-corrected chi connectivity index (χ2v) is 9.98. The van der Waals surface area contributed by atoms with Gasteiger partial charge >= 0.3 is 0 Å². The number of sulfone groups is 1. The number of fused-ring (bicyclic) bond motifs is 1. The molecule has 0 aromatic heterocycles. The van der Waals surface area contributed by atoms with E-state index >= 15 is 0 Å². The Morgan fingerprint density at radius 3 is 2.67 bits per heavy atom. The molecule has 0 radical (unpaired) electrons. The second-order valence-electron chi connectivity index (χ2n) is 6.88. The number of aliphatic imine (C=N–C) groups is 1. The van der Waals surface area contributed by atoms with Crippen molar-refractivity contribution in [1.82, 2.24) is 0 Å². The van der Waals surface area contributed by atoms with Gasteiger partial charge in [0.05, 0.1) is 36.4 Å². The number of anilines is 1. The number of para-hydroxylation sites is 2. The quantitative estimate of drug-likeness (QED) is 0.786. The molecule has 0 amide bonds. The summed E-state index contributed by atoms with van der Waals surface area (Å²) >= 11 is 1.66. The Morgan fingerprint density at radius 1 is 1.15 bits per heavy atom. The largest absolute Gasteiger partial charge is 0.495 e. The first kappa shape index (κ1) is 18.4. The van der Waals surface area contributed by atoms with E-state index in [0.29, 0.717) is 0 Å². The Kier molecular flexibility index (Phi) is 4.90. The van der Waals surface area contributed by atoms with Crippen LogP contribution in [0.4, 0.5) is 5.69 Å². The van der Waals surface area contributed by atoms with Crippen LogP contribution in [-0.4, -0.2) is 44.3 Å². The highest BCUT2D eigenvalue weighted by molar-refractivity contribution is 8.13. The van der Waals surface area contributed by atoms with Gasteiger partial charge in [-0.2, -0.15) is 0 Å². The van der Waals surface area contributed by atoms with Crippen molar-refractivity contribution in [3.8, 4) is 5.75 Å². The van der Waals surface area contributed by atoms with Gasteiger partial charge in [-0.3, -0.25) is 4.99 Å². The van der Waals surface area contributed by atoms with Crippen molar-refractivity contribution < 1.29 is 13.2 Å². The van der Waals surface area contributed by atoms with Crippen molar-refractivity contribution in [2.45, 2.75) is 24.8 Å². The maximum atomic E-state index is 12.2. The van der Waals surface area contributed by atoms with Crippen molar-refractivity contribution in [1.29, 1.82) is 0 Å². The van der Waals surface area contributed by atoms with Crippen LogP contribution in [0.15, 0.2) is 53.5 Å². The Labute approximate surface area is 164 Å². The fourth-order valence-corrected chi connectivity index (χ4v) is 6.69. The van der Waals surface area contributed by atoms with Gasteiger partial charge in [-0.15, -0.1) is 0 Å². The average Bonchev–Trinajstić information content (AvgIpc) is 3.12. The number of hydrogen-bond acceptors (Lipinski definition) is 6. The third kappa shape index (κ3) is 3.58. The summed E-state index contributed by atoms with van der Waals surface area (Å²) in [4.78, 5) is 6.86. The van der Waals surface area contributed by atoms with E-state index in [9.17, 15) is 8.42 Å². The van der Waals surface area contributed by atoms with E-state index in [1.807, 2.05) is 36.4 Å². The van der Waals surface area contributed by atoms with Gasteiger partial charge in [0.2, 0.25) is 0 Å². The van der Waals surface area contributed by atoms with Gasteiger partial charge in [0, 0.05) is 5.75 Å². The molecule has 1 saturated heterocycles. The molecule has 27 heavy (non-hydrogen) atoms. The van der Waals surface area contributed by atoms with E-state index in [1.54, 1.807) is 18.9 Å². The van der Waals surface area contributed by atoms with Crippen molar-refractivity contribution >= 4 is 32.5 Å². The molecular weight excluding hydrogens is 380 g/mol. The molecule has 2 aromatic rings. The monoisotopic (exact) mass is 402 g/mol. The molecular formula is C20H22N2O3S2. The molecule has 4 rings (SSSR count). The minimum atomic E-state index is -3.06. The molecule has 0 saturated carbocycles. The van der Waals surface area contributed by atoms with E-state index in [2.05, 4.69) is 24.0 Å². The van der Waals surface area contributed by atoms with Crippen LogP contribution in [0.1, 0.15) is 11.1 Å². The molecule has 2 aliphatic rings. The lowest BCUT2D eigenvalue weighted by Crippen LogP contribution is -2.39. The molecule has 0 aliphatic carbocycles. The summed E-state index contributed by atoms with van der Waals surface area (Å²) in [6.45, 7) is 2.10. The predicted octanol–water partition coefficient (Wildman–Crippen LogP) is 3.28. The number of thioether (sulfide) groups is 1. The molecule has 142 valence electrons. The first-order chi connectivity index (χ1) is 13.0. The summed E-state index contributed by atoms with van der Waals surface area (Å²) in [5.74, 6) is 1.78. The molecule has 0 unspecified atom stereocenters. The number of ether oxygens (including phenoxy) is 1. The maximum Gasteiger partial charge on any atom is 0.164 e. The van der Waals surface area contributed by atoms with Crippen LogP contribution in [0.3, 0.4) is 0 Å². The number of amidine groups is 1. The standard InChI is InChI=1S/C20H22N2O3S2/c1-14-7-3-4-8-15(14)11-26-20-21-16-12-27(23,24)13-18(16)22(20)17-9-5-6-10-19(17)25-2/h3-10,16,18H,11-13H2,1-2H3/t16-,18+/m0/s1. The number of methoxy groups -OCH3 is 1. The Balaban J connectivity index is 1.67. The van der Waals surface area contributed by atoms with Crippen molar-refractivity contribution in [3.05, 3.63) is 59.7 Å². The maximum absolute atomic E-state index is 12.2. The van der Waals surface area contributed by atoms with Crippen LogP contribution in [-0.2, 0) is 15.6 Å². The van der Waals surface area contributed by atoms with Gasteiger partial charge in [0.25, 0.3) is 0 Å². The molecule has 0 N–H and O–H groups in total.